The smallest absolute Gasteiger partial charge is 0.412 e. The van der Waals surface area contributed by atoms with E-state index in [0.717, 1.165) is 10.8 Å². The van der Waals surface area contributed by atoms with Gasteiger partial charge < -0.3 is 19.3 Å². The zero-order valence-corrected chi connectivity index (χ0v) is 19.9. The molecule has 7 nitrogen and oxygen atoms in total. The van der Waals surface area contributed by atoms with Crippen LogP contribution in [0.4, 0.5) is 10.5 Å². The number of hydrogen-bond acceptors (Lipinski definition) is 7. The quantitative estimate of drug-likeness (QED) is 0.263. The van der Waals surface area contributed by atoms with Crippen LogP contribution in [0.3, 0.4) is 0 Å². The van der Waals surface area contributed by atoms with Gasteiger partial charge in [-0.15, -0.1) is 0 Å². The van der Waals surface area contributed by atoms with Crippen LogP contribution < -0.4 is 10.1 Å². The Morgan fingerprint density at radius 2 is 1.74 bits per heavy atom. The number of ether oxygens (including phenoxy) is 3. The molecular formula is C26H29NO6S. The fraction of sp³-hybridized carbons (Fsp3) is 0.308. The van der Waals surface area contributed by atoms with Crippen molar-refractivity contribution < 1.29 is 28.9 Å². The van der Waals surface area contributed by atoms with Crippen LogP contribution in [0.2, 0.25) is 0 Å². The van der Waals surface area contributed by atoms with Gasteiger partial charge in [0.25, 0.3) is 0 Å². The Bertz CT molecular complexity index is 1100. The van der Waals surface area contributed by atoms with Gasteiger partial charge in [0.15, 0.2) is 0 Å². The number of carbonyl (C=O) groups excluding carboxylic acids is 2. The Morgan fingerprint density at radius 1 is 1.00 bits per heavy atom. The van der Waals surface area contributed by atoms with Crippen LogP contribution in [-0.4, -0.2) is 42.7 Å². The van der Waals surface area contributed by atoms with Gasteiger partial charge in [-0.25, -0.2) is 4.79 Å². The number of benzene rings is 3. The lowest BCUT2D eigenvalue weighted by atomic mass is 9.94. The summed E-state index contributed by atoms with van der Waals surface area (Å²) in [5.74, 6) is -0.100. The molecule has 0 aromatic heterocycles. The predicted molar refractivity (Wildman–Crippen MR) is 134 cm³/mol. The molecule has 34 heavy (non-hydrogen) atoms. The van der Waals surface area contributed by atoms with Gasteiger partial charge in [-0.3, -0.25) is 10.1 Å². The predicted octanol–water partition coefficient (Wildman–Crippen LogP) is 5.00. The number of para-hydroxylation sites is 1. The lowest BCUT2D eigenvalue weighted by Gasteiger charge is -2.26. The third-order valence-corrected chi connectivity index (χ3v) is 5.58. The van der Waals surface area contributed by atoms with Gasteiger partial charge in [-0.1, -0.05) is 61.5 Å². The van der Waals surface area contributed by atoms with E-state index in [-0.39, 0.29) is 31.5 Å². The van der Waals surface area contributed by atoms with E-state index in [4.69, 9.17) is 14.2 Å². The fourth-order valence-electron chi connectivity index (χ4n) is 3.63. The maximum atomic E-state index is 13.0. The summed E-state index contributed by atoms with van der Waals surface area (Å²) in [7, 11) is 0. The van der Waals surface area contributed by atoms with E-state index in [1.54, 1.807) is 6.07 Å². The average molecular weight is 484 g/mol. The van der Waals surface area contributed by atoms with Crippen LogP contribution in [0, 0.1) is 5.92 Å². The molecule has 3 rings (SSSR count). The van der Waals surface area contributed by atoms with Crippen LogP contribution in [-0.2, 0) is 14.3 Å². The summed E-state index contributed by atoms with van der Waals surface area (Å²) < 4.78 is 16.7. The molecule has 0 heterocycles. The second kappa shape index (κ2) is 12.9. The highest BCUT2D eigenvalue weighted by molar-refractivity contribution is 7.81. The third-order valence-electron chi connectivity index (χ3n) is 5.32. The van der Waals surface area contributed by atoms with Gasteiger partial charge in [-0.05, 0) is 23.9 Å². The average Bonchev–Trinajstić information content (AvgIpc) is 2.86. The number of fused-ring (bicyclic) bond motifs is 1. The van der Waals surface area contributed by atoms with Crippen LogP contribution in [0.15, 0.2) is 66.7 Å². The summed E-state index contributed by atoms with van der Waals surface area (Å²) in [6.07, 6.45) is -0.836. The van der Waals surface area contributed by atoms with Crippen molar-refractivity contribution in [1.82, 2.24) is 0 Å². The van der Waals surface area contributed by atoms with Gasteiger partial charge in [0.1, 0.15) is 18.5 Å². The largest absolute Gasteiger partial charge is 0.491 e. The van der Waals surface area contributed by atoms with Gasteiger partial charge in [-0.2, -0.15) is 12.6 Å². The molecule has 0 radical (unpaired) electrons. The molecule has 2 N–H and O–H groups in total. The molecule has 3 aromatic carbocycles. The first-order valence-electron chi connectivity index (χ1n) is 11.1. The summed E-state index contributed by atoms with van der Waals surface area (Å²) in [6, 6.07) is 20.6. The minimum Gasteiger partial charge on any atom is -0.491 e. The number of amides is 1. The highest BCUT2D eigenvalue weighted by Crippen LogP contribution is 2.35. The van der Waals surface area contributed by atoms with Gasteiger partial charge in [0, 0.05) is 16.9 Å². The van der Waals surface area contributed by atoms with E-state index in [9.17, 15) is 14.7 Å². The van der Waals surface area contributed by atoms with Crippen molar-refractivity contribution in [1.29, 1.82) is 0 Å². The Morgan fingerprint density at radius 3 is 2.53 bits per heavy atom. The van der Waals surface area contributed by atoms with Crippen LogP contribution >= 0.6 is 12.6 Å². The summed E-state index contributed by atoms with van der Waals surface area (Å²) >= 11 is 3.91. The molecule has 8 heteroatoms. The van der Waals surface area contributed by atoms with E-state index in [1.807, 2.05) is 67.6 Å². The Labute approximate surface area is 204 Å². The normalized spacial score (nSPS) is 12.6. The maximum Gasteiger partial charge on any atom is 0.412 e. The monoisotopic (exact) mass is 483 g/mol. The highest BCUT2D eigenvalue weighted by atomic mass is 32.1. The topological polar surface area (TPSA) is 94.1 Å². The number of aliphatic hydroxyl groups excluding tert-OH is 1. The van der Waals surface area contributed by atoms with Crippen LogP contribution in [0.5, 0.6) is 5.75 Å². The van der Waals surface area contributed by atoms with E-state index in [1.165, 1.54) is 0 Å². The van der Waals surface area contributed by atoms with Crippen molar-refractivity contribution in [2.24, 2.45) is 5.92 Å². The second-order valence-electron chi connectivity index (χ2n) is 7.73. The molecule has 2 atom stereocenters. The molecule has 0 aliphatic heterocycles. The first-order chi connectivity index (χ1) is 16.5. The zero-order valence-electron chi connectivity index (χ0n) is 19.0. The van der Waals surface area contributed by atoms with Crippen molar-refractivity contribution in [3.05, 3.63) is 72.3 Å². The van der Waals surface area contributed by atoms with E-state index >= 15 is 0 Å². The number of esters is 1. The number of thiol groups is 1. The van der Waals surface area contributed by atoms with Crippen molar-refractivity contribution in [2.75, 3.05) is 30.9 Å². The molecule has 1 amide bonds. The van der Waals surface area contributed by atoms with Crippen molar-refractivity contribution >= 4 is 41.2 Å². The summed E-state index contributed by atoms with van der Waals surface area (Å²) in [5, 5.41) is 13.9. The molecule has 0 aliphatic carbocycles. The number of rotatable bonds is 11. The fourth-order valence-corrected chi connectivity index (χ4v) is 3.72. The molecule has 0 bridgehead atoms. The van der Waals surface area contributed by atoms with Gasteiger partial charge in [0.2, 0.25) is 0 Å². The maximum absolute atomic E-state index is 13.0. The summed E-state index contributed by atoms with van der Waals surface area (Å²) in [6.45, 7) is 2.05. The standard InChI is InChI=1S/C26H29NO6S/c1-18(13-15-32-24(29)17-34)25(21-10-4-5-12-23(21)31-16-14-28)33-26(30)27-22-11-6-8-19-7-2-3-9-20(19)22/h2-12,18,25,28,34H,13-17H2,1H3,(H,27,30)/t18-,25-/m1/s1. The van der Waals surface area contributed by atoms with E-state index in [2.05, 4.69) is 17.9 Å². The molecular weight excluding hydrogens is 454 g/mol. The number of carbonyl (C=O) groups is 2. The summed E-state index contributed by atoms with van der Waals surface area (Å²) in [4.78, 5) is 24.4. The first kappa shape index (κ1) is 25.4. The van der Waals surface area contributed by atoms with E-state index in [0.29, 0.717) is 23.4 Å². The zero-order chi connectivity index (χ0) is 24.3. The Kier molecular flexibility index (Phi) is 9.61. The SMILES string of the molecule is C[C@H](CCOC(=O)CS)[C@@H](OC(=O)Nc1cccc2ccccc12)c1ccccc1OCCO. The first-order valence-corrected chi connectivity index (χ1v) is 11.7. The molecule has 0 unspecified atom stereocenters. The lowest BCUT2D eigenvalue weighted by molar-refractivity contribution is -0.141. The molecule has 0 spiro atoms. The molecule has 0 saturated heterocycles. The highest BCUT2D eigenvalue weighted by Gasteiger charge is 2.27. The van der Waals surface area contributed by atoms with Crippen LogP contribution in [0.25, 0.3) is 10.8 Å². The lowest BCUT2D eigenvalue weighted by Crippen LogP contribution is -2.24. The van der Waals surface area contributed by atoms with Gasteiger partial charge >= 0.3 is 12.1 Å². The molecule has 180 valence electrons. The molecule has 0 fully saturated rings. The van der Waals surface area contributed by atoms with Gasteiger partial charge in [0.05, 0.1) is 24.7 Å². The number of nitrogens with one attached hydrogen (secondary N) is 1. The third kappa shape index (κ3) is 6.88. The number of aliphatic hydroxyl groups is 1. The minimum atomic E-state index is -0.681. The molecule has 0 aliphatic rings. The Hall–Kier alpha value is -3.23. The minimum absolute atomic E-state index is 0.000416. The Balaban J connectivity index is 1.81. The van der Waals surface area contributed by atoms with Crippen LogP contribution in [0.1, 0.15) is 25.0 Å². The second-order valence-corrected chi connectivity index (χ2v) is 8.05. The van der Waals surface area contributed by atoms with Crippen molar-refractivity contribution in [2.45, 2.75) is 19.4 Å². The van der Waals surface area contributed by atoms with Crippen molar-refractivity contribution in [3.63, 3.8) is 0 Å². The van der Waals surface area contributed by atoms with E-state index < -0.39 is 18.2 Å². The van der Waals surface area contributed by atoms with Crippen molar-refractivity contribution in [3.8, 4) is 5.75 Å². The molecule has 0 saturated carbocycles. The number of hydrogen-bond donors (Lipinski definition) is 3. The number of anilines is 1. The molecule has 3 aromatic rings. The summed E-state index contributed by atoms with van der Waals surface area (Å²) in [5.41, 5.74) is 1.30.